The van der Waals surface area contributed by atoms with Crippen LogP contribution in [0.1, 0.15) is 27.7 Å². The van der Waals surface area contributed by atoms with Gasteiger partial charge < -0.3 is 9.15 Å². The molecule has 0 aliphatic carbocycles. The fourth-order valence-corrected chi connectivity index (χ4v) is 3.11. The van der Waals surface area contributed by atoms with E-state index in [-0.39, 0.29) is 11.5 Å². The van der Waals surface area contributed by atoms with Gasteiger partial charge >= 0.3 is 0 Å². The van der Waals surface area contributed by atoms with Crippen molar-refractivity contribution in [3.63, 3.8) is 0 Å². The van der Waals surface area contributed by atoms with Crippen molar-refractivity contribution in [2.45, 2.75) is 12.1 Å². The summed E-state index contributed by atoms with van der Waals surface area (Å²) in [5, 5.41) is 7.80. The van der Waals surface area contributed by atoms with Gasteiger partial charge in [0, 0.05) is 5.56 Å². The molecule has 3 rings (SSSR count). The second-order valence-corrected chi connectivity index (χ2v) is 6.70. The first kappa shape index (κ1) is 18.3. The Kier molecular flexibility index (Phi) is 5.80. The van der Waals surface area contributed by atoms with Crippen molar-refractivity contribution in [2.24, 2.45) is 0 Å². The molecule has 1 aromatic carbocycles. The predicted molar refractivity (Wildman–Crippen MR) is 102 cm³/mol. The van der Waals surface area contributed by atoms with Crippen LogP contribution in [0.5, 0.6) is 5.75 Å². The normalized spacial score (nSPS) is 11.2. The van der Waals surface area contributed by atoms with Gasteiger partial charge in [0.1, 0.15) is 23.1 Å². The van der Waals surface area contributed by atoms with E-state index >= 15 is 0 Å². The number of thioether (sulfide) groups is 1. The molecule has 26 heavy (non-hydrogen) atoms. The molecule has 2 aromatic heterocycles. The monoisotopic (exact) mass is 389 g/mol. The molecule has 6 nitrogen and oxygen atoms in total. The number of ether oxygens (including phenoxy) is 1. The third-order valence-electron chi connectivity index (χ3n) is 3.45. The number of ketones is 1. The number of halogens is 1. The van der Waals surface area contributed by atoms with Gasteiger partial charge in [-0.05, 0) is 49.4 Å². The van der Waals surface area contributed by atoms with Crippen LogP contribution in [0.4, 0.5) is 0 Å². The molecule has 0 saturated carbocycles. The molecule has 8 heteroatoms. The van der Waals surface area contributed by atoms with Crippen LogP contribution in [0.2, 0.25) is 5.02 Å². The molecule has 0 spiro atoms. The van der Waals surface area contributed by atoms with Crippen LogP contribution in [0.15, 0.2) is 39.9 Å². The van der Waals surface area contributed by atoms with Crippen molar-refractivity contribution in [1.82, 2.24) is 15.2 Å². The molecular weight excluding hydrogens is 374 g/mol. The lowest BCUT2D eigenvalue weighted by Crippen LogP contribution is -2.03. The molecule has 0 unspecified atom stereocenters. The lowest BCUT2D eigenvalue weighted by Gasteiger charge is -2.04. The van der Waals surface area contributed by atoms with Gasteiger partial charge in [-0.25, -0.2) is 4.98 Å². The number of nitrogens with zero attached hydrogens (tertiary/aromatic N) is 2. The van der Waals surface area contributed by atoms with Crippen LogP contribution in [0, 0.1) is 6.92 Å². The number of aryl methyl sites for hydroxylation is 1. The summed E-state index contributed by atoms with van der Waals surface area (Å²) in [6.45, 7) is 1.88. The lowest BCUT2D eigenvalue weighted by molar-refractivity contribution is 0.102. The summed E-state index contributed by atoms with van der Waals surface area (Å²) in [4.78, 5) is 16.6. The highest BCUT2D eigenvalue weighted by Crippen LogP contribution is 2.26. The fourth-order valence-electron chi connectivity index (χ4n) is 2.15. The van der Waals surface area contributed by atoms with Gasteiger partial charge in [0.05, 0.1) is 17.9 Å². The quantitative estimate of drug-likeness (QED) is 0.473. The largest absolute Gasteiger partial charge is 0.495 e. The molecule has 0 fully saturated rings. The van der Waals surface area contributed by atoms with Gasteiger partial charge in [-0.3, -0.25) is 9.89 Å². The summed E-state index contributed by atoms with van der Waals surface area (Å²) >= 11 is 7.30. The molecule has 0 saturated heterocycles. The summed E-state index contributed by atoms with van der Waals surface area (Å²) in [6, 6.07) is 8.72. The number of hydrogen-bond donors (Lipinski definition) is 1. The van der Waals surface area contributed by atoms with Crippen molar-refractivity contribution in [3.05, 3.63) is 58.3 Å². The van der Waals surface area contributed by atoms with Crippen LogP contribution < -0.4 is 4.74 Å². The van der Waals surface area contributed by atoms with E-state index in [9.17, 15) is 4.79 Å². The summed E-state index contributed by atoms with van der Waals surface area (Å²) in [7, 11) is 1.53. The summed E-state index contributed by atoms with van der Waals surface area (Å²) in [6.07, 6.45) is 3.56. The van der Waals surface area contributed by atoms with Crippen molar-refractivity contribution in [3.8, 4) is 5.75 Å². The smallest absolute Gasteiger partial charge is 0.209 e. The molecule has 0 aliphatic heterocycles. The molecule has 2 heterocycles. The molecule has 0 radical (unpaired) electrons. The SMILES string of the molecule is COc1ccc(C(=O)CSc2n[nH]c(/C=C/c3ccc(C)o3)n2)cc1Cl. The van der Waals surface area contributed by atoms with Crippen molar-refractivity contribution in [1.29, 1.82) is 0 Å². The van der Waals surface area contributed by atoms with Gasteiger partial charge in [-0.15, -0.1) is 5.10 Å². The molecule has 0 aliphatic rings. The number of nitrogens with one attached hydrogen (secondary N) is 1. The van der Waals surface area contributed by atoms with E-state index in [1.807, 2.05) is 19.1 Å². The number of carbonyl (C=O) groups is 1. The van der Waals surface area contributed by atoms with Crippen LogP contribution in [0.3, 0.4) is 0 Å². The van der Waals surface area contributed by atoms with E-state index in [1.165, 1.54) is 18.9 Å². The Morgan fingerprint density at radius 3 is 2.88 bits per heavy atom. The van der Waals surface area contributed by atoms with Gasteiger partial charge in [0.2, 0.25) is 5.16 Å². The Morgan fingerprint density at radius 1 is 1.35 bits per heavy atom. The maximum absolute atomic E-state index is 12.3. The number of methoxy groups -OCH3 is 1. The Balaban J connectivity index is 1.58. The highest BCUT2D eigenvalue weighted by molar-refractivity contribution is 7.99. The fraction of sp³-hybridized carbons (Fsp3) is 0.167. The average Bonchev–Trinajstić information content (AvgIpc) is 3.26. The number of hydrogen-bond acceptors (Lipinski definition) is 6. The standard InChI is InChI=1S/C18H16ClN3O3S/c1-11-3-5-13(25-11)6-8-17-20-18(22-21-17)26-10-15(23)12-4-7-16(24-2)14(19)9-12/h3-9H,10H2,1-2H3,(H,20,21,22)/b8-6+. The van der Waals surface area contributed by atoms with Crippen LogP contribution in [-0.2, 0) is 0 Å². The number of H-pyrrole nitrogens is 1. The van der Waals surface area contributed by atoms with E-state index in [0.29, 0.717) is 27.3 Å². The number of benzene rings is 1. The first-order chi connectivity index (χ1) is 12.5. The molecule has 0 bridgehead atoms. The summed E-state index contributed by atoms with van der Waals surface area (Å²) < 4.78 is 10.5. The zero-order chi connectivity index (χ0) is 18.5. The first-order valence-electron chi connectivity index (χ1n) is 7.71. The van der Waals surface area contributed by atoms with Crippen LogP contribution in [0.25, 0.3) is 12.2 Å². The maximum atomic E-state index is 12.3. The number of aromatic nitrogens is 3. The van der Waals surface area contributed by atoms with E-state index < -0.39 is 0 Å². The molecular formula is C18H16ClN3O3S. The molecule has 0 atom stereocenters. The van der Waals surface area contributed by atoms with Gasteiger partial charge in [0.25, 0.3) is 0 Å². The van der Waals surface area contributed by atoms with Crippen LogP contribution in [-0.4, -0.2) is 33.8 Å². The Bertz CT molecular complexity index is 949. The Hall–Kier alpha value is -2.51. The Morgan fingerprint density at radius 2 is 2.19 bits per heavy atom. The summed E-state index contributed by atoms with van der Waals surface area (Å²) in [5.41, 5.74) is 0.521. The van der Waals surface area contributed by atoms with Crippen LogP contribution >= 0.6 is 23.4 Å². The third kappa shape index (κ3) is 4.56. The van der Waals surface area contributed by atoms with Gasteiger partial charge in [-0.1, -0.05) is 23.4 Å². The minimum absolute atomic E-state index is 0.0625. The summed E-state index contributed by atoms with van der Waals surface area (Å²) in [5.74, 6) is 2.85. The van der Waals surface area contributed by atoms with E-state index in [2.05, 4.69) is 15.2 Å². The molecule has 134 valence electrons. The van der Waals surface area contributed by atoms with Gasteiger partial charge in [0.15, 0.2) is 5.78 Å². The van der Waals surface area contributed by atoms with Gasteiger partial charge in [-0.2, -0.15) is 0 Å². The Labute approximate surface area is 159 Å². The topological polar surface area (TPSA) is 81.0 Å². The zero-order valence-electron chi connectivity index (χ0n) is 14.2. The third-order valence-corrected chi connectivity index (χ3v) is 4.60. The minimum Gasteiger partial charge on any atom is -0.495 e. The maximum Gasteiger partial charge on any atom is 0.209 e. The second kappa shape index (κ2) is 8.25. The second-order valence-electron chi connectivity index (χ2n) is 5.35. The zero-order valence-corrected chi connectivity index (χ0v) is 15.7. The molecule has 0 amide bonds. The van der Waals surface area contributed by atoms with E-state index in [4.69, 9.17) is 20.8 Å². The molecule has 1 N–H and O–H groups in total. The highest BCUT2D eigenvalue weighted by atomic mass is 35.5. The van der Waals surface area contributed by atoms with E-state index in [0.717, 1.165) is 11.5 Å². The van der Waals surface area contributed by atoms with E-state index in [1.54, 1.807) is 30.4 Å². The number of furan rings is 1. The predicted octanol–water partition coefficient (Wildman–Crippen LogP) is 4.51. The van der Waals surface area contributed by atoms with Crippen molar-refractivity contribution >= 4 is 41.3 Å². The van der Waals surface area contributed by atoms with Crippen molar-refractivity contribution in [2.75, 3.05) is 12.9 Å². The highest BCUT2D eigenvalue weighted by Gasteiger charge is 2.11. The molecule has 3 aromatic rings. The number of rotatable bonds is 7. The minimum atomic E-state index is -0.0625. The lowest BCUT2D eigenvalue weighted by atomic mass is 10.1. The first-order valence-corrected chi connectivity index (χ1v) is 9.08. The number of carbonyl (C=O) groups excluding carboxylic acids is 1. The number of aromatic amines is 1. The average molecular weight is 390 g/mol. The number of Topliss-reactive ketones (excluding diaryl/α,β-unsaturated/α-hetero) is 1. The van der Waals surface area contributed by atoms with Crippen molar-refractivity contribution < 1.29 is 13.9 Å².